The third-order valence-corrected chi connectivity index (χ3v) is 3.36. The minimum Gasteiger partial charge on any atom is -0.322 e. The van der Waals surface area contributed by atoms with Gasteiger partial charge in [-0.05, 0) is 48.0 Å². The number of anilines is 1. The first kappa shape index (κ1) is 14.5. The summed E-state index contributed by atoms with van der Waals surface area (Å²) in [5, 5.41) is 15.8. The van der Waals surface area contributed by atoms with E-state index in [-0.39, 0.29) is 5.91 Å². The number of benzene rings is 2. The Morgan fingerprint density at radius 2 is 2.00 bits per heavy atom. The largest absolute Gasteiger partial charge is 0.322 e. The molecule has 2 aromatic carbocycles. The first-order chi connectivity index (χ1) is 11.2. The zero-order valence-corrected chi connectivity index (χ0v) is 12.3. The van der Waals surface area contributed by atoms with E-state index >= 15 is 0 Å². The fourth-order valence-corrected chi connectivity index (χ4v) is 2.23. The van der Waals surface area contributed by atoms with Gasteiger partial charge >= 0.3 is 0 Å². The first-order valence-corrected chi connectivity index (χ1v) is 7.12. The molecule has 0 spiro atoms. The number of amides is 1. The Hall–Kier alpha value is -3.39. The summed E-state index contributed by atoms with van der Waals surface area (Å²) in [6.07, 6.45) is 3.62. The van der Waals surface area contributed by atoms with Crippen LogP contribution in [0.3, 0.4) is 0 Å². The van der Waals surface area contributed by atoms with E-state index in [1.54, 1.807) is 30.5 Å². The predicted octanol–water partition coefficient (Wildman–Crippen LogP) is 3.06. The zero-order valence-electron chi connectivity index (χ0n) is 12.3. The molecule has 3 rings (SSSR count). The third kappa shape index (κ3) is 3.63. The summed E-state index contributed by atoms with van der Waals surface area (Å²) in [6, 6.07) is 18.1. The van der Waals surface area contributed by atoms with Crippen molar-refractivity contribution in [2.24, 2.45) is 0 Å². The van der Waals surface area contributed by atoms with Crippen molar-refractivity contribution in [2.75, 3.05) is 5.32 Å². The van der Waals surface area contributed by atoms with Gasteiger partial charge in [0.25, 0.3) is 5.91 Å². The Labute approximate surface area is 133 Å². The van der Waals surface area contributed by atoms with Crippen molar-refractivity contribution in [1.82, 2.24) is 9.78 Å². The lowest BCUT2D eigenvalue weighted by molar-refractivity contribution is 0.102. The molecular weight excluding hydrogens is 288 g/mol. The van der Waals surface area contributed by atoms with Gasteiger partial charge in [-0.25, -0.2) is 0 Å². The maximum atomic E-state index is 12.2. The van der Waals surface area contributed by atoms with Gasteiger partial charge in [0.05, 0.1) is 18.2 Å². The lowest BCUT2D eigenvalue weighted by atomic mass is 10.1. The Balaban J connectivity index is 1.72. The van der Waals surface area contributed by atoms with E-state index < -0.39 is 0 Å². The molecule has 0 radical (unpaired) electrons. The van der Waals surface area contributed by atoms with E-state index in [1.807, 2.05) is 47.3 Å². The highest BCUT2D eigenvalue weighted by Crippen LogP contribution is 2.13. The number of nitriles is 1. The number of aromatic nitrogens is 2. The van der Waals surface area contributed by atoms with Crippen molar-refractivity contribution in [3.63, 3.8) is 0 Å². The van der Waals surface area contributed by atoms with Crippen LogP contribution in [0.25, 0.3) is 0 Å². The number of nitrogens with zero attached hydrogens (tertiary/aromatic N) is 3. The molecule has 0 fully saturated rings. The molecule has 5 nitrogen and oxygen atoms in total. The van der Waals surface area contributed by atoms with Crippen molar-refractivity contribution in [2.45, 2.75) is 6.54 Å². The molecule has 3 aromatic rings. The summed E-state index contributed by atoms with van der Waals surface area (Å²) in [5.41, 5.74) is 2.82. The molecule has 1 heterocycles. The predicted molar refractivity (Wildman–Crippen MR) is 86.9 cm³/mol. The Kier molecular flexibility index (Phi) is 4.16. The van der Waals surface area contributed by atoms with E-state index in [0.717, 1.165) is 11.3 Å². The topological polar surface area (TPSA) is 70.7 Å². The standard InChI is InChI=1S/C18H14N4O/c19-12-14-5-7-16(8-6-14)18(23)21-17-4-1-3-15(11-17)13-22-10-2-9-20-22/h1-11H,13H2,(H,21,23). The van der Waals surface area contributed by atoms with Crippen LogP contribution < -0.4 is 5.32 Å². The van der Waals surface area contributed by atoms with E-state index in [0.29, 0.717) is 17.7 Å². The van der Waals surface area contributed by atoms with Crippen molar-refractivity contribution < 1.29 is 4.79 Å². The molecule has 112 valence electrons. The number of rotatable bonds is 4. The number of carbonyl (C=O) groups is 1. The molecule has 0 bridgehead atoms. The van der Waals surface area contributed by atoms with Crippen LogP contribution in [-0.4, -0.2) is 15.7 Å². The number of carbonyl (C=O) groups excluding carboxylic acids is 1. The highest BCUT2D eigenvalue weighted by molar-refractivity contribution is 6.04. The van der Waals surface area contributed by atoms with E-state index in [9.17, 15) is 4.79 Å². The van der Waals surface area contributed by atoms with Gasteiger partial charge in [-0.1, -0.05) is 12.1 Å². The first-order valence-electron chi connectivity index (χ1n) is 7.12. The van der Waals surface area contributed by atoms with Crippen molar-refractivity contribution in [1.29, 1.82) is 5.26 Å². The lowest BCUT2D eigenvalue weighted by Gasteiger charge is -2.08. The van der Waals surface area contributed by atoms with Gasteiger partial charge in [-0.2, -0.15) is 10.4 Å². The van der Waals surface area contributed by atoms with E-state index in [4.69, 9.17) is 5.26 Å². The molecule has 5 heteroatoms. The number of hydrogen-bond donors (Lipinski definition) is 1. The van der Waals surface area contributed by atoms with Crippen LogP contribution in [0.1, 0.15) is 21.5 Å². The van der Waals surface area contributed by atoms with Crippen LogP contribution in [0.4, 0.5) is 5.69 Å². The quantitative estimate of drug-likeness (QED) is 0.805. The summed E-state index contributed by atoms with van der Waals surface area (Å²) < 4.78 is 1.82. The molecule has 1 amide bonds. The fourth-order valence-electron chi connectivity index (χ4n) is 2.23. The van der Waals surface area contributed by atoms with Crippen LogP contribution in [0.15, 0.2) is 67.0 Å². The van der Waals surface area contributed by atoms with Gasteiger partial charge in [0, 0.05) is 23.6 Å². The second kappa shape index (κ2) is 6.58. The van der Waals surface area contributed by atoms with E-state index in [1.165, 1.54) is 0 Å². The van der Waals surface area contributed by atoms with Crippen LogP contribution in [0, 0.1) is 11.3 Å². The van der Waals surface area contributed by atoms with Gasteiger partial charge in [0.2, 0.25) is 0 Å². The maximum Gasteiger partial charge on any atom is 0.255 e. The summed E-state index contributed by atoms with van der Waals surface area (Å²) in [7, 11) is 0. The summed E-state index contributed by atoms with van der Waals surface area (Å²) in [5.74, 6) is -0.203. The maximum absolute atomic E-state index is 12.2. The second-order valence-corrected chi connectivity index (χ2v) is 5.05. The van der Waals surface area contributed by atoms with Gasteiger partial charge < -0.3 is 5.32 Å². The van der Waals surface area contributed by atoms with Crippen LogP contribution >= 0.6 is 0 Å². The van der Waals surface area contributed by atoms with Crippen LogP contribution in [0.2, 0.25) is 0 Å². The van der Waals surface area contributed by atoms with Gasteiger partial charge in [-0.15, -0.1) is 0 Å². The van der Waals surface area contributed by atoms with Gasteiger partial charge in [-0.3, -0.25) is 9.48 Å². The molecule has 0 atom stereocenters. The number of nitrogens with one attached hydrogen (secondary N) is 1. The minimum absolute atomic E-state index is 0.203. The lowest BCUT2D eigenvalue weighted by Crippen LogP contribution is -2.12. The second-order valence-electron chi connectivity index (χ2n) is 5.05. The Morgan fingerprint density at radius 1 is 1.17 bits per heavy atom. The molecule has 1 N–H and O–H groups in total. The average Bonchev–Trinajstić information content (AvgIpc) is 3.08. The fraction of sp³-hybridized carbons (Fsp3) is 0.0556. The monoisotopic (exact) mass is 302 g/mol. The normalized spacial score (nSPS) is 10.0. The van der Waals surface area contributed by atoms with Crippen molar-refractivity contribution in [3.05, 3.63) is 83.7 Å². The third-order valence-electron chi connectivity index (χ3n) is 3.36. The minimum atomic E-state index is -0.203. The van der Waals surface area contributed by atoms with Crippen molar-refractivity contribution >= 4 is 11.6 Å². The smallest absolute Gasteiger partial charge is 0.255 e. The molecule has 0 saturated heterocycles. The summed E-state index contributed by atoms with van der Waals surface area (Å²) in [4.78, 5) is 12.2. The Bertz CT molecular complexity index is 845. The van der Waals surface area contributed by atoms with E-state index in [2.05, 4.69) is 10.4 Å². The Morgan fingerprint density at radius 3 is 2.70 bits per heavy atom. The molecular formula is C18H14N4O. The molecule has 23 heavy (non-hydrogen) atoms. The van der Waals surface area contributed by atoms with Gasteiger partial charge in [0.1, 0.15) is 0 Å². The van der Waals surface area contributed by atoms with Crippen LogP contribution in [-0.2, 0) is 6.54 Å². The highest BCUT2D eigenvalue weighted by Gasteiger charge is 2.06. The summed E-state index contributed by atoms with van der Waals surface area (Å²) in [6.45, 7) is 0.646. The molecule has 0 aliphatic heterocycles. The zero-order chi connectivity index (χ0) is 16.1. The summed E-state index contributed by atoms with van der Waals surface area (Å²) >= 11 is 0. The molecule has 0 saturated carbocycles. The van der Waals surface area contributed by atoms with Crippen LogP contribution in [0.5, 0.6) is 0 Å². The highest BCUT2D eigenvalue weighted by atomic mass is 16.1. The molecule has 1 aromatic heterocycles. The van der Waals surface area contributed by atoms with Gasteiger partial charge in [0.15, 0.2) is 0 Å². The molecule has 0 unspecified atom stereocenters. The molecule has 0 aliphatic carbocycles. The SMILES string of the molecule is N#Cc1ccc(C(=O)Nc2cccc(Cn3cccn3)c2)cc1. The molecule has 0 aliphatic rings. The number of hydrogen-bond acceptors (Lipinski definition) is 3. The van der Waals surface area contributed by atoms with Crippen molar-refractivity contribution in [3.8, 4) is 6.07 Å². The average molecular weight is 302 g/mol.